The summed E-state index contributed by atoms with van der Waals surface area (Å²) in [5.41, 5.74) is 14.6. The maximum atomic E-state index is 5.18. The highest BCUT2D eigenvalue weighted by Gasteiger charge is 2.45. The Balaban J connectivity index is 1.02. The Morgan fingerprint density at radius 3 is 1.61 bits per heavy atom. The lowest BCUT2D eigenvalue weighted by atomic mass is 9.67. The van der Waals surface area contributed by atoms with Crippen LogP contribution in [0.2, 0.25) is 0 Å². The van der Waals surface area contributed by atoms with E-state index in [2.05, 4.69) is 188 Å². The minimum Gasteiger partial charge on any atom is -0.228 e. The first kappa shape index (κ1) is 32.5. The Morgan fingerprint density at radius 1 is 0.339 bits per heavy atom. The second-order valence-electron chi connectivity index (χ2n) is 14.5. The minimum absolute atomic E-state index is 0.418. The van der Waals surface area contributed by atoms with E-state index in [4.69, 9.17) is 9.97 Å². The van der Waals surface area contributed by atoms with Crippen molar-refractivity contribution in [1.29, 1.82) is 0 Å². The van der Waals surface area contributed by atoms with Crippen LogP contribution in [-0.4, -0.2) is 9.97 Å². The molecule has 0 saturated heterocycles. The van der Waals surface area contributed by atoms with Crippen molar-refractivity contribution >= 4 is 31.5 Å². The number of hydrogen-bond acceptors (Lipinski definition) is 3. The van der Waals surface area contributed by atoms with E-state index in [0.29, 0.717) is 5.82 Å². The molecule has 0 unspecified atom stereocenters. The maximum Gasteiger partial charge on any atom is 0.160 e. The van der Waals surface area contributed by atoms with Crippen molar-refractivity contribution in [2.24, 2.45) is 0 Å². The third-order valence-corrected chi connectivity index (χ3v) is 12.6. The molecule has 2 nitrogen and oxygen atoms in total. The van der Waals surface area contributed by atoms with E-state index < -0.39 is 5.41 Å². The van der Waals surface area contributed by atoms with E-state index in [1.165, 1.54) is 53.6 Å². The molecule has 0 amide bonds. The molecule has 2 aromatic heterocycles. The lowest BCUT2D eigenvalue weighted by Gasteiger charge is -2.34. The van der Waals surface area contributed by atoms with Crippen LogP contribution in [0.5, 0.6) is 0 Å². The first-order chi connectivity index (χ1) is 27.7. The summed E-state index contributed by atoms with van der Waals surface area (Å²) < 4.78 is 2.58. The van der Waals surface area contributed by atoms with Crippen molar-refractivity contribution in [1.82, 2.24) is 9.97 Å². The highest BCUT2D eigenvalue weighted by molar-refractivity contribution is 7.25. The Bertz CT molecular complexity index is 3030. The number of hydrogen-bond donors (Lipinski definition) is 0. The fraction of sp³-hybridized carbons (Fsp3) is 0.0189. The van der Waals surface area contributed by atoms with Crippen LogP contribution in [0.3, 0.4) is 0 Å². The first-order valence-electron chi connectivity index (χ1n) is 19.1. The van der Waals surface area contributed by atoms with E-state index in [9.17, 15) is 0 Å². The fourth-order valence-corrected chi connectivity index (χ4v) is 9.91. The van der Waals surface area contributed by atoms with E-state index in [0.717, 1.165) is 39.2 Å². The van der Waals surface area contributed by atoms with Gasteiger partial charge >= 0.3 is 0 Å². The number of benzene rings is 8. The van der Waals surface area contributed by atoms with Crippen LogP contribution in [0.4, 0.5) is 0 Å². The smallest absolute Gasteiger partial charge is 0.160 e. The van der Waals surface area contributed by atoms with Gasteiger partial charge in [0.2, 0.25) is 0 Å². The van der Waals surface area contributed by atoms with Gasteiger partial charge in [0.15, 0.2) is 5.82 Å². The van der Waals surface area contributed by atoms with Crippen molar-refractivity contribution in [3.05, 3.63) is 229 Å². The highest BCUT2D eigenvalue weighted by Crippen LogP contribution is 2.56. The Labute approximate surface area is 330 Å². The van der Waals surface area contributed by atoms with E-state index in [1.54, 1.807) is 0 Å². The number of nitrogens with zero attached hydrogens (tertiary/aromatic N) is 2. The second kappa shape index (κ2) is 13.1. The van der Waals surface area contributed by atoms with Crippen molar-refractivity contribution in [3.8, 4) is 56.2 Å². The monoisotopic (exact) mass is 730 g/mol. The zero-order valence-electron chi connectivity index (χ0n) is 30.4. The summed E-state index contributed by atoms with van der Waals surface area (Å²) in [6.07, 6.45) is 0. The largest absolute Gasteiger partial charge is 0.228 e. The summed E-state index contributed by atoms with van der Waals surface area (Å²) in [5.74, 6) is 0.714. The molecule has 2 heterocycles. The summed E-state index contributed by atoms with van der Waals surface area (Å²) in [5, 5.41) is 2.54. The zero-order valence-corrected chi connectivity index (χ0v) is 31.2. The molecule has 0 radical (unpaired) electrons. The molecule has 10 aromatic rings. The van der Waals surface area contributed by atoms with Gasteiger partial charge in [-0.1, -0.05) is 176 Å². The van der Waals surface area contributed by atoms with Gasteiger partial charge in [-0.15, -0.1) is 11.3 Å². The molecule has 262 valence electrons. The van der Waals surface area contributed by atoms with Gasteiger partial charge < -0.3 is 0 Å². The van der Waals surface area contributed by atoms with Crippen LogP contribution < -0.4 is 0 Å². The molecule has 0 N–H and O–H groups in total. The van der Waals surface area contributed by atoms with E-state index in [-0.39, 0.29) is 0 Å². The molecule has 3 heteroatoms. The van der Waals surface area contributed by atoms with Gasteiger partial charge in [0.1, 0.15) is 0 Å². The molecule has 0 atom stereocenters. The molecule has 56 heavy (non-hydrogen) atoms. The summed E-state index contributed by atoms with van der Waals surface area (Å²) in [7, 11) is 0. The molecule has 0 saturated carbocycles. The van der Waals surface area contributed by atoms with Crippen molar-refractivity contribution in [2.75, 3.05) is 0 Å². The number of rotatable bonds is 6. The lowest BCUT2D eigenvalue weighted by molar-refractivity contribution is 0.768. The van der Waals surface area contributed by atoms with E-state index in [1.807, 2.05) is 29.5 Å². The zero-order chi connectivity index (χ0) is 37.1. The third kappa shape index (κ3) is 5.16. The predicted octanol–water partition coefficient (Wildman–Crippen LogP) is 13.9. The lowest BCUT2D eigenvalue weighted by Crippen LogP contribution is -2.28. The van der Waals surface area contributed by atoms with Gasteiger partial charge in [0, 0.05) is 36.9 Å². The summed E-state index contributed by atoms with van der Waals surface area (Å²) >= 11 is 1.83. The van der Waals surface area contributed by atoms with Crippen LogP contribution in [0.15, 0.2) is 206 Å². The van der Waals surface area contributed by atoms with Crippen molar-refractivity contribution in [3.63, 3.8) is 0 Å². The maximum absolute atomic E-state index is 5.18. The highest BCUT2D eigenvalue weighted by atomic mass is 32.1. The third-order valence-electron chi connectivity index (χ3n) is 11.4. The van der Waals surface area contributed by atoms with Gasteiger partial charge in [-0.3, -0.25) is 0 Å². The molecular formula is C53H34N2S. The van der Waals surface area contributed by atoms with Gasteiger partial charge in [-0.05, 0) is 74.8 Å². The Kier molecular flexibility index (Phi) is 7.61. The standard InChI is InChI=1S/C53H34N2S/c1-3-14-36(15-4-1)52-54-48(34-49(55-52)39-28-31-51-45(33-39)44-22-9-12-25-50(44)56-51)38-17-13-16-37(32-38)35-26-29-41(30-27-35)53(40-18-5-2-6-19-40)46-23-10-7-20-42(46)43-21-8-11-24-47(43)53/h1-34H. The van der Waals surface area contributed by atoms with Crippen LogP contribution in [0.25, 0.3) is 76.3 Å². The number of fused-ring (bicyclic) bond motifs is 6. The van der Waals surface area contributed by atoms with Crippen molar-refractivity contribution in [2.45, 2.75) is 5.41 Å². The van der Waals surface area contributed by atoms with Crippen LogP contribution in [-0.2, 0) is 5.41 Å². The quantitative estimate of drug-likeness (QED) is 0.170. The Hall–Kier alpha value is -6.94. The SMILES string of the molecule is c1ccc(-c2nc(-c3cccc(-c4ccc(C5(c6ccccc6)c6ccccc6-c6ccccc65)cc4)c3)cc(-c3ccc4sc5ccccc5c4c3)n2)cc1. The van der Waals surface area contributed by atoms with E-state index >= 15 is 0 Å². The summed E-state index contributed by atoms with van der Waals surface area (Å²) in [6.45, 7) is 0. The van der Waals surface area contributed by atoms with Crippen LogP contribution in [0.1, 0.15) is 22.3 Å². The summed E-state index contributed by atoms with van der Waals surface area (Å²) in [4.78, 5) is 10.3. The molecule has 0 spiro atoms. The van der Waals surface area contributed by atoms with Crippen LogP contribution >= 0.6 is 11.3 Å². The average Bonchev–Trinajstić information content (AvgIpc) is 3.81. The molecule has 0 bridgehead atoms. The number of aromatic nitrogens is 2. The number of thiophene rings is 1. The topological polar surface area (TPSA) is 25.8 Å². The molecule has 11 rings (SSSR count). The molecule has 1 aliphatic rings. The van der Waals surface area contributed by atoms with Gasteiger partial charge in [-0.2, -0.15) is 0 Å². The van der Waals surface area contributed by atoms with Crippen molar-refractivity contribution < 1.29 is 0 Å². The van der Waals surface area contributed by atoms with Gasteiger partial charge in [-0.25, -0.2) is 9.97 Å². The molecule has 8 aromatic carbocycles. The normalized spacial score (nSPS) is 12.8. The van der Waals surface area contributed by atoms with Crippen LogP contribution in [0, 0.1) is 0 Å². The fourth-order valence-electron chi connectivity index (χ4n) is 8.83. The summed E-state index contributed by atoms with van der Waals surface area (Å²) in [6, 6.07) is 74.5. The average molecular weight is 731 g/mol. The second-order valence-corrected chi connectivity index (χ2v) is 15.6. The molecule has 0 aliphatic heterocycles. The molecule has 0 fully saturated rings. The minimum atomic E-state index is -0.418. The van der Waals surface area contributed by atoms with Gasteiger partial charge in [0.05, 0.1) is 16.8 Å². The predicted molar refractivity (Wildman–Crippen MR) is 234 cm³/mol. The van der Waals surface area contributed by atoms with Gasteiger partial charge in [0.25, 0.3) is 0 Å². The molecular weight excluding hydrogens is 697 g/mol. The molecule has 1 aliphatic carbocycles. The Morgan fingerprint density at radius 2 is 0.875 bits per heavy atom. The first-order valence-corrected chi connectivity index (χ1v) is 19.9.